The molecule has 0 saturated heterocycles. The summed E-state index contributed by atoms with van der Waals surface area (Å²) in [6.07, 6.45) is 1.75. The third kappa shape index (κ3) is 3.93. The molecule has 1 fully saturated rings. The molecule has 1 heterocycles. The van der Waals surface area contributed by atoms with Crippen LogP contribution in [0.2, 0.25) is 0 Å². The Morgan fingerprint density at radius 1 is 1.26 bits per heavy atom. The summed E-state index contributed by atoms with van der Waals surface area (Å²) >= 11 is 1.47. The first-order chi connectivity index (χ1) is 11.1. The molecule has 0 spiro atoms. The van der Waals surface area contributed by atoms with Gasteiger partial charge >= 0.3 is 0 Å². The third-order valence-electron chi connectivity index (χ3n) is 4.21. The zero-order chi connectivity index (χ0) is 16.3. The molecule has 0 bridgehead atoms. The first-order valence-electron chi connectivity index (χ1n) is 7.68. The zero-order valence-corrected chi connectivity index (χ0v) is 13.4. The highest BCUT2D eigenvalue weighted by Gasteiger charge is 2.38. The molecule has 1 aromatic heterocycles. The summed E-state index contributed by atoms with van der Waals surface area (Å²) in [5, 5.41) is 5.65. The lowest BCUT2D eigenvalue weighted by molar-refractivity contribution is -0.129. The monoisotopic (exact) mass is 336 g/mol. The highest BCUT2D eigenvalue weighted by atomic mass is 32.1. The Morgan fingerprint density at radius 3 is 2.57 bits per heavy atom. The quantitative estimate of drug-likeness (QED) is 0.910. The van der Waals surface area contributed by atoms with E-state index < -0.39 is 5.92 Å². The Labute approximate surface area is 137 Å². The van der Waals surface area contributed by atoms with E-state index in [-0.39, 0.29) is 43.6 Å². The SMILES string of the molecule is O=C(N[C@@H](c1ccccc1)c1nccs1)C1CCC(F)(F)CC1. The van der Waals surface area contributed by atoms with Crippen molar-refractivity contribution in [1.29, 1.82) is 0 Å². The van der Waals surface area contributed by atoms with Crippen molar-refractivity contribution >= 4 is 17.2 Å². The van der Waals surface area contributed by atoms with Gasteiger partial charge in [-0.2, -0.15) is 0 Å². The van der Waals surface area contributed by atoms with E-state index in [2.05, 4.69) is 10.3 Å². The van der Waals surface area contributed by atoms with Crippen LogP contribution < -0.4 is 5.32 Å². The molecular weight excluding hydrogens is 318 g/mol. The molecule has 1 atom stereocenters. The summed E-state index contributed by atoms with van der Waals surface area (Å²) in [5.41, 5.74) is 0.942. The Balaban J connectivity index is 1.73. The highest BCUT2D eigenvalue weighted by Crippen LogP contribution is 2.36. The van der Waals surface area contributed by atoms with Crippen LogP contribution in [0.1, 0.15) is 42.3 Å². The van der Waals surface area contributed by atoms with Gasteiger partial charge < -0.3 is 5.32 Å². The van der Waals surface area contributed by atoms with E-state index in [1.807, 2.05) is 35.7 Å². The van der Waals surface area contributed by atoms with E-state index in [1.165, 1.54) is 11.3 Å². The van der Waals surface area contributed by atoms with Crippen molar-refractivity contribution in [2.45, 2.75) is 37.6 Å². The van der Waals surface area contributed by atoms with Crippen LogP contribution in [-0.4, -0.2) is 16.8 Å². The van der Waals surface area contributed by atoms with Crippen molar-refractivity contribution in [3.63, 3.8) is 0 Å². The molecular formula is C17H18F2N2OS. The molecule has 1 aliphatic carbocycles. The number of carbonyl (C=O) groups excluding carboxylic acids is 1. The predicted molar refractivity (Wildman–Crippen MR) is 85.4 cm³/mol. The van der Waals surface area contributed by atoms with E-state index in [0.29, 0.717) is 0 Å². The molecule has 1 N–H and O–H groups in total. The van der Waals surface area contributed by atoms with Crippen molar-refractivity contribution in [1.82, 2.24) is 10.3 Å². The Kier molecular flexibility index (Phi) is 4.71. The summed E-state index contributed by atoms with van der Waals surface area (Å²) < 4.78 is 26.5. The van der Waals surface area contributed by atoms with Crippen LogP contribution in [-0.2, 0) is 4.79 Å². The number of benzene rings is 1. The lowest BCUT2D eigenvalue weighted by Gasteiger charge is -2.28. The molecule has 0 unspecified atom stereocenters. The second-order valence-electron chi connectivity index (χ2n) is 5.85. The molecule has 1 aromatic carbocycles. The van der Waals surface area contributed by atoms with Crippen LogP contribution in [0.3, 0.4) is 0 Å². The van der Waals surface area contributed by atoms with Crippen LogP contribution >= 0.6 is 11.3 Å². The number of hydrogen-bond acceptors (Lipinski definition) is 3. The van der Waals surface area contributed by atoms with Crippen LogP contribution in [0.5, 0.6) is 0 Å². The van der Waals surface area contributed by atoms with Gasteiger partial charge in [0.1, 0.15) is 11.0 Å². The maximum Gasteiger partial charge on any atom is 0.248 e. The second kappa shape index (κ2) is 6.74. The molecule has 23 heavy (non-hydrogen) atoms. The van der Waals surface area contributed by atoms with Gasteiger partial charge in [-0.05, 0) is 18.4 Å². The molecule has 6 heteroatoms. The van der Waals surface area contributed by atoms with Gasteiger partial charge in [0, 0.05) is 30.3 Å². The fourth-order valence-electron chi connectivity index (χ4n) is 2.87. The summed E-state index contributed by atoms with van der Waals surface area (Å²) in [5.74, 6) is -3.13. The molecule has 2 aromatic rings. The van der Waals surface area contributed by atoms with E-state index in [4.69, 9.17) is 0 Å². The smallest absolute Gasteiger partial charge is 0.248 e. The van der Waals surface area contributed by atoms with Crippen LogP contribution in [0.25, 0.3) is 0 Å². The van der Waals surface area contributed by atoms with Crippen molar-refractivity contribution in [3.8, 4) is 0 Å². The predicted octanol–water partition coefficient (Wildman–Crippen LogP) is 4.17. The number of rotatable bonds is 4. The molecule has 3 nitrogen and oxygen atoms in total. The number of halogens is 2. The van der Waals surface area contributed by atoms with Crippen LogP contribution in [0, 0.1) is 5.92 Å². The number of carbonyl (C=O) groups is 1. The lowest BCUT2D eigenvalue weighted by atomic mass is 9.86. The van der Waals surface area contributed by atoms with Crippen LogP contribution in [0.4, 0.5) is 8.78 Å². The third-order valence-corrected chi connectivity index (χ3v) is 5.05. The van der Waals surface area contributed by atoms with Gasteiger partial charge in [-0.25, -0.2) is 13.8 Å². The van der Waals surface area contributed by atoms with Gasteiger partial charge in [0.2, 0.25) is 11.8 Å². The van der Waals surface area contributed by atoms with E-state index in [0.717, 1.165) is 10.6 Å². The Bertz CT molecular complexity index is 636. The Morgan fingerprint density at radius 2 is 1.96 bits per heavy atom. The first kappa shape index (κ1) is 16.1. The highest BCUT2D eigenvalue weighted by molar-refractivity contribution is 7.09. The second-order valence-corrected chi connectivity index (χ2v) is 6.78. The average molecular weight is 336 g/mol. The number of nitrogens with one attached hydrogen (secondary N) is 1. The van der Waals surface area contributed by atoms with Crippen molar-refractivity contribution < 1.29 is 13.6 Å². The summed E-state index contributed by atoms with van der Waals surface area (Å²) in [6.45, 7) is 0. The van der Waals surface area contributed by atoms with Gasteiger partial charge in [-0.15, -0.1) is 11.3 Å². The van der Waals surface area contributed by atoms with Gasteiger partial charge in [-0.1, -0.05) is 30.3 Å². The molecule has 0 radical (unpaired) electrons. The largest absolute Gasteiger partial charge is 0.342 e. The molecule has 0 aliphatic heterocycles. The van der Waals surface area contributed by atoms with Gasteiger partial charge in [0.15, 0.2) is 0 Å². The fourth-order valence-corrected chi connectivity index (χ4v) is 3.59. The summed E-state index contributed by atoms with van der Waals surface area (Å²) in [6, 6.07) is 9.26. The standard InChI is InChI=1S/C17H18F2N2OS/c18-17(19)8-6-13(7-9-17)15(22)21-14(16-20-10-11-23-16)12-4-2-1-3-5-12/h1-5,10-11,13-14H,6-9H2,(H,21,22)/t14-/m0/s1. The van der Waals surface area contributed by atoms with Crippen molar-refractivity contribution in [2.24, 2.45) is 5.92 Å². The van der Waals surface area contributed by atoms with Gasteiger partial charge in [0.25, 0.3) is 0 Å². The number of nitrogens with zero attached hydrogens (tertiary/aromatic N) is 1. The maximum atomic E-state index is 13.3. The first-order valence-corrected chi connectivity index (χ1v) is 8.56. The lowest BCUT2D eigenvalue weighted by Crippen LogP contribution is -2.38. The normalized spacial score (nSPS) is 19.2. The topological polar surface area (TPSA) is 42.0 Å². The summed E-state index contributed by atoms with van der Waals surface area (Å²) in [4.78, 5) is 16.8. The number of alkyl halides is 2. The Hall–Kier alpha value is -1.82. The molecule has 122 valence electrons. The average Bonchev–Trinajstić information content (AvgIpc) is 3.07. The number of amides is 1. The van der Waals surface area contributed by atoms with Gasteiger partial charge in [-0.3, -0.25) is 4.79 Å². The van der Waals surface area contributed by atoms with E-state index >= 15 is 0 Å². The molecule has 1 aliphatic rings. The fraction of sp³-hybridized carbons (Fsp3) is 0.412. The zero-order valence-electron chi connectivity index (χ0n) is 12.5. The number of aromatic nitrogens is 1. The van der Waals surface area contributed by atoms with E-state index in [9.17, 15) is 13.6 Å². The van der Waals surface area contributed by atoms with Gasteiger partial charge in [0.05, 0.1) is 0 Å². The maximum absolute atomic E-state index is 13.3. The van der Waals surface area contributed by atoms with Crippen molar-refractivity contribution in [2.75, 3.05) is 0 Å². The molecule has 3 rings (SSSR count). The molecule has 1 amide bonds. The molecule has 1 saturated carbocycles. The minimum absolute atomic E-state index is 0.162. The number of hydrogen-bond donors (Lipinski definition) is 1. The van der Waals surface area contributed by atoms with Crippen molar-refractivity contribution in [3.05, 3.63) is 52.5 Å². The number of thiazole rings is 1. The van der Waals surface area contributed by atoms with Crippen LogP contribution in [0.15, 0.2) is 41.9 Å². The minimum Gasteiger partial charge on any atom is -0.342 e. The minimum atomic E-state index is -2.62. The van der Waals surface area contributed by atoms with E-state index in [1.54, 1.807) is 6.20 Å². The summed E-state index contributed by atoms with van der Waals surface area (Å²) in [7, 11) is 0.